The smallest absolute Gasteiger partial charge is 0.230 e. The van der Waals surface area contributed by atoms with E-state index in [1.54, 1.807) is 0 Å². The molecule has 3 nitrogen and oxygen atoms in total. The Balaban J connectivity index is 2.01. The highest BCUT2D eigenvalue weighted by molar-refractivity contribution is 5.83. The van der Waals surface area contributed by atoms with Crippen LogP contribution in [0.3, 0.4) is 0 Å². The van der Waals surface area contributed by atoms with Gasteiger partial charge < -0.3 is 10.2 Å². The molecule has 0 radical (unpaired) electrons. The number of amides is 1. The molecule has 0 bridgehead atoms. The Morgan fingerprint density at radius 2 is 2.33 bits per heavy atom. The van der Waals surface area contributed by atoms with Crippen molar-refractivity contribution < 1.29 is 4.79 Å². The third kappa shape index (κ3) is 2.23. The predicted octanol–water partition coefficient (Wildman–Crippen LogP) is 1.16. The molecular weight excluding hydrogens is 188 g/mol. The van der Waals surface area contributed by atoms with Crippen molar-refractivity contribution in [2.75, 3.05) is 26.2 Å². The molecule has 0 aromatic rings. The molecule has 1 saturated heterocycles. The van der Waals surface area contributed by atoms with E-state index in [4.69, 9.17) is 0 Å². The Bertz CT molecular complexity index is 267. The standard InChI is InChI=1S/C12H20N2O/c1-12(6-5-7-13-10-12)11(15)14-8-3-2-4-9-14/h2-3,13H,4-10H2,1H3. The maximum Gasteiger partial charge on any atom is 0.230 e. The zero-order chi connectivity index (χ0) is 10.7. The lowest BCUT2D eigenvalue weighted by molar-refractivity contribution is -0.141. The van der Waals surface area contributed by atoms with Crippen molar-refractivity contribution in [3.05, 3.63) is 12.2 Å². The van der Waals surface area contributed by atoms with Crippen LogP contribution in [0, 0.1) is 5.41 Å². The average molecular weight is 208 g/mol. The van der Waals surface area contributed by atoms with E-state index in [1.165, 1.54) is 0 Å². The van der Waals surface area contributed by atoms with Crippen LogP contribution in [0.1, 0.15) is 26.2 Å². The van der Waals surface area contributed by atoms with Gasteiger partial charge in [-0.05, 0) is 32.7 Å². The van der Waals surface area contributed by atoms with Gasteiger partial charge in [0.1, 0.15) is 0 Å². The maximum atomic E-state index is 12.3. The van der Waals surface area contributed by atoms with Gasteiger partial charge in [-0.25, -0.2) is 0 Å². The van der Waals surface area contributed by atoms with Gasteiger partial charge in [0, 0.05) is 19.6 Å². The highest BCUT2D eigenvalue weighted by Gasteiger charge is 2.37. The summed E-state index contributed by atoms with van der Waals surface area (Å²) in [6.45, 7) is 5.69. The molecule has 0 aromatic carbocycles. The van der Waals surface area contributed by atoms with Gasteiger partial charge in [0.25, 0.3) is 0 Å². The van der Waals surface area contributed by atoms with Gasteiger partial charge in [-0.2, -0.15) is 0 Å². The molecule has 2 rings (SSSR count). The summed E-state index contributed by atoms with van der Waals surface area (Å²) in [5.41, 5.74) is -0.163. The number of carbonyl (C=O) groups is 1. The summed E-state index contributed by atoms with van der Waals surface area (Å²) in [6.07, 6.45) is 7.41. The fourth-order valence-electron chi connectivity index (χ4n) is 2.45. The SMILES string of the molecule is CC1(C(=O)N2CC=CCC2)CCCNC1. The van der Waals surface area contributed by atoms with Crippen molar-refractivity contribution in [2.24, 2.45) is 5.41 Å². The molecule has 2 aliphatic heterocycles. The molecule has 1 unspecified atom stereocenters. The van der Waals surface area contributed by atoms with Crippen LogP contribution in [0.5, 0.6) is 0 Å². The van der Waals surface area contributed by atoms with E-state index in [1.807, 2.05) is 4.90 Å². The topological polar surface area (TPSA) is 32.3 Å². The third-order valence-electron chi connectivity index (χ3n) is 3.46. The quantitative estimate of drug-likeness (QED) is 0.656. The molecule has 1 fully saturated rings. The van der Waals surface area contributed by atoms with E-state index in [0.29, 0.717) is 5.91 Å². The number of rotatable bonds is 1. The molecule has 1 N–H and O–H groups in total. The van der Waals surface area contributed by atoms with Crippen LogP contribution in [0.25, 0.3) is 0 Å². The summed E-state index contributed by atoms with van der Waals surface area (Å²) in [7, 11) is 0. The summed E-state index contributed by atoms with van der Waals surface area (Å²) in [6, 6.07) is 0. The lowest BCUT2D eigenvalue weighted by Gasteiger charge is -2.37. The summed E-state index contributed by atoms with van der Waals surface area (Å²) < 4.78 is 0. The second-order valence-electron chi connectivity index (χ2n) is 4.85. The van der Waals surface area contributed by atoms with Crippen molar-refractivity contribution in [2.45, 2.75) is 26.2 Å². The predicted molar refractivity (Wildman–Crippen MR) is 60.5 cm³/mol. The van der Waals surface area contributed by atoms with Crippen LogP contribution in [-0.2, 0) is 4.79 Å². The number of piperidine rings is 1. The number of hydrogen-bond donors (Lipinski definition) is 1. The van der Waals surface area contributed by atoms with Crippen molar-refractivity contribution in [1.82, 2.24) is 10.2 Å². The number of hydrogen-bond acceptors (Lipinski definition) is 2. The molecule has 2 heterocycles. The normalized spacial score (nSPS) is 31.7. The minimum absolute atomic E-state index is 0.163. The summed E-state index contributed by atoms with van der Waals surface area (Å²) in [5.74, 6) is 0.332. The zero-order valence-electron chi connectivity index (χ0n) is 9.46. The highest BCUT2D eigenvalue weighted by Crippen LogP contribution is 2.28. The summed E-state index contributed by atoms with van der Waals surface area (Å²) in [4.78, 5) is 14.3. The molecule has 1 atom stereocenters. The molecule has 0 spiro atoms. The van der Waals surface area contributed by atoms with E-state index in [0.717, 1.165) is 45.4 Å². The van der Waals surface area contributed by atoms with Crippen LogP contribution in [-0.4, -0.2) is 37.0 Å². The fourth-order valence-corrected chi connectivity index (χ4v) is 2.45. The largest absolute Gasteiger partial charge is 0.338 e. The van der Waals surface area contributed by atoms with Crippen LogP contribution in [0.2, 0.25) is 0 Å². The van der Waals surface area contributed by atoms with E-state index < -0.39 is 0 Å². The summed E-state index contributed by atoms with van der Waals surface area (Å²) >= 11 is 0. The second kappa shape index (κ2) is 4.35. The van der Waals surface area contributed by atoms with E-state index >= 15 is 0 Å². The molecule has 15 heavy (non-hydrogen) atoms. The van der Waals surface area contributed by atoms with Gasteiger partial charge in [0.15, 0.2) is 0 Å². The van der Waals surface area contributed by atoms with Crippen molar-refractivity contribution in [3.63, 3.8) is 0 Å². The third-order valence-corrected chi connectivity index (χ3v) is 3.46. The molecule has 3 heteroatoms. The number of carbonyl (C=O) groups excluding carboxylic acids is 1. The fraction of sp³-hybridized carbons (Fsp3) is 0.750. The Morgan fingerprint density at radius 1 is 1.47 bits per heavy atom. The molecule has 0 saturated carbocycles. The van der Waals surface area contributed by atoms with Gasteiger partial charge in [-0.1, -0.05) is 12.2 Å². The van der Waals surface area contributed by atoms with Crippen molar-refractivity contribution >= 4 is 5.91 Å². The van der Waals surface area contributed by atoms with Crippen molar-refractivity contribution in [1.29, 1.82) is 0 Å². The van der Waals surface area contributed by atoms with Crippen LogP contribution in [0.15, 0.2) is 12.2 Å². The monoisotopic (exact) mass is 208 g/mol. The Labute approximate surface area is 91.5 Å². The molecule has 0 aromatic heterocycles. The number of nitrogens with zero attached hydrogens (tertiary/aromatic N) is 1. The first kappa shape index (κ1) is 10.7. The Hall–Kier alpha value is -0.830. The average Bonchev–Trinajstić information content (AvgIpc) is 2.30. The van der Waals surface area contributed by atoms with E-state index in [-0.39, 0.29) is 5.41 Å². The molecule has 1 amide bonds. The van der Waals surface area contributed by atoms with E-state index in [9.17, 15) is 4.79 Å². The first-order valence-electron chi connectivity index (χ1n) is 5.87. The van der Waals surface area contributed by atoms with Gasteiger partial charge in [-0.15, -0.1) is 0 Å². The Kier molecular flexibility index (Phi) is 3.10. The van der Waals surface area contributed by atoms with Crippen LogP contribution >= 0.6 is 0 Å². The minimum atomic E-state index is -0.163. The van der Waals surface area contributed by atoms with Gasteiger partial charge in [0.2, 0.25) is 5.91 Å². The first-order valence-corrected chi connectivity index (χ1v) is 5.87. The van der Waals surface area contributed by atoms with Gasteiger partial charge >= 0.3 is 0 Å². The van der Waals surface area contributed by atoms with Crippen LogP contribution < -0.4 is 5.32 Å². The zero-order valence-corrected chi connectivity index (χ0v) is 9.46. The second-order valence-corrected chi connectivity index (χ2v) is 4.85. The highest BCUT2D eigenvalue weighted by atomic mass is 16.2. The molecule has 0 aliphatic carbocycles. The molecule has 2 aliphatic rings. The minimum Gasteiger partial charge on any atom is -0.338 e. The van der Waals surface area contributed by atoms with Crippen LogP contribution in [0.4, 0.5) is 0 Å². The lowest BCUT2D eigenvalue weighted by Crippen LogP contribution is -2.50. The first-order chi connectivity index (χ1) is 7.22. The molecule has 84 valence electrons. The number of nitrogens with one attached hydrogen (secondary N) is 1. The van der Waals surface area contributed by atoms with Gasteiger partial charge in [-0.3, -0.25) is 4.79 Å². The maximum absolute atomic E-state index is 12.3. The van der Waals surface area contributed by atoms with E-state index in [2.05, 4.69) is 24.4 Å². The summed E-state index contributed by atoms with van der Waals surface area (Å²) in [5, 5.41) is 3.33. The molecular formula is C12H20N2O. The van der Waals surface area contributed by atoms with Gasteiger partial charge in [0.05, 0.1) is 5.41 Å². The Morgan fingerprint density at radius 3 is 2.93 bits per heavy atom. The van der Waals surface area contributed by atoms with Crippen molar-refractivity contribution in [3.8, 4) is 0 Å². The lowest BCUT2D eigenvalue weighted by atomic mass is 9.81.